The topological polar surface area (TPSA) is 65.5 Å². The maximum atomic E-state index is 12.0. The summed E-state index contributed by atoms with van der Waals surface area (Å²) in [6.07, 6.45) is 0. The quantitative estimate of drug-likeness (QED) is 0.232. The van der Waals surface area contributed by atoms with Crippen LogP contribution in [0.25, 0.3) is 0 Å². The maximum Gasteiger partial charge on any atom is 0.251 e. The number of nitrogens with one attached hydrogen (secondary N) is 3. The molecule has 26 heavy (non-hydrogen) atoms. The fourth-order valence-corrected chi connectivity index (χ4v) is 3.12. The molecule has 0 radical (unpaired) electrons. The Kier molecular flexibility index (Phi) is 10.6. The highest BCUT2D eigenvalue weighted by molar-refractivity contribution is 14.0. The molecule has 0 aliphatic heterocycles. The molecule has 0 saturated carbocycles. The zero-order valence-electron chi connectivity index (χ0n) is 14.8. The van der Waals surface area contributed by atoms with Crippen molar-refractivity contribution < 1.29 is 4.79 Å². The van der Waals surface area contributed by atoms with E-state index >= 15 is 0 Å². The smallest absolute Gasteiger partial charge is 0.251 e. The van der Waals surface area contributed by atoms with Crippen LogP contribution < -0.4 is 16.0 Å². The summed E-state index contributed by atoms with van der Waals surface area (Å²) < 4.78 is 0. The van der Waals surface area contributed by atoms with Gasteiger partial charge in [-0.15, -0.1) is 35.3 Å². The molecule has 0 saturated heterocycles. The molecule has 1 aromatic heterocycles. The van der Waals surface area contributed by atoms with Gasteiger partial charge in [0.15, 0.2) is 5.96 Å². The van der Waals surface area contributed by atoms with E-state index in [4.69, 9.17) is 11.6 Å². The molecule has 0 spiro atoms. The van der Waals surface area contributed by atoms with Crippen molar-refractivity contribution in [1.82, 2.24) is 16.0 Å². The number of rotatable bonds is 7. The van der Waals surface area contributed by atoms with E-state index in [0.717, 1.165) is 12.5 Å². The Labute approximate surface area is 180 Å². The molecule has 1 atom stereocenters. The second-order valence-electron chi connectivity index (χ2n) is 5.56. The van der Waals surface area contributed by atoms with Crippen LogP contribution in [0.15, 0.2) is 46.8 Å². The van der Waals surface area contributed by atoms with E-state index in [1.54, 1.807) is 42.6 Å². The first kappa shape index (κ1) is 22.7. The van der Waals surface area contributed by atoms with Crippen molar-refractivity contribution in [2.75, 3.05) is 26.7 Å². The molecular weight excluding hydrogens is 483 g/mol. The molecule has 3 N–H and O–H groups in total. The van der Waals surface area contributed by atoms with Gasteiger partial charge < -0.3 is 16.0 Å². The largest absolute Gasteiger partial charge is 0.356 e. The average Bonchev–Trinajstić information content (AvgIpc) is 3.16. The van der Waals surface area contributed by atoms with Gasteiger partial charge in [-0.3, -0.25) is 9.79 Å². The van der Waals surface area contributed by atoms with E-state index in [9.17, 15) is 4.79 Å². The predicted octanol–water partition coefficient (Wildman–Crippen LogP) is 3.72. The molecule has 5 nitrogen and oxygen atoms in total. The van der Waals surface area contributed by atoms with Crippen molar-refractivity contribution in [2.24, 2.45) is 4.99 Å². The van der Waals surface area contributed by atoms with Gasteiger partial charge in [-0.1, -0.05) is 24.6 Å². The molecule has 1 unspecified atom stereocenters. The normalized spacial score (nSPS) is 12.0. The molecule has 2 aromatic rings. The summed E-state index contributed by atoms with van der Waals surface area (Å²) in [6.45, 7) is 4.07. The number of guanidine groups is 1. The Morgan fingerprint density at radius 2 is 1.85 bits per heavy atom. The number of carbonyl (C=O) groups excluding carboxylic acids is 1. The zero-order chi connectivity index (χ0) is 18.1. The van der Waals surface area contributed by atoms with E-state index in [-0.39, 0.29) is 29.9 Å². The van der Waals surface area contributed by atoms with Gasteiger partial charge in [0.25, 0.3) is 5.91 Å². The minimum atomic E-state index is -0.118. The third-order valence-electron chi connectivity index (χ3n) is 3.64. The number of amides is 1. The first-order valence-corrected chi connectivity index (χ1v) is 9.37. The van der Waals surface area contributed by atoms with Crippen LogP contribution in [0, 0.1) is 0 Å². The monoisotopic (exact) mass is 506 g/mol. The molecule has 1 heterocycles. The number of benzene rings is 1. The second kappa shape index (κ2) is 12.1. The second-order valence-corrected chi connectivity index (χ2v) is 6.97. The summed E-state index contributed by atoms with van der Waals surface area (Å²) in [6, 6.07) is 11.0. The van der Waals surface area contributed by atoms with E-state index in [0.29, 0.717) is 29.6 Å². The third kappa shape index (κ3) is 7.51. The number of hydrogen-bond donors (Lipinski definition) is 3. The molecule has 1 amide bonds. The Morgan fingerprint density at radius 3 is 2.46 bits per heavy atom. The number of aliphatic imine (C=N–C) groups is 1. The van der Waals surface area contributed by atoms with Crippen molar-refractivity contribution in [3.05, 3.63) is 57.2 Å². The summed E-state index contributed by atoms with van der Waals surface area (Å²) >= 11 is 7.57. The van der Waals surface area contributed by atoms with Crippen LogP contribution in [0.1, 0.15) is 28.1 Å². The molecule has 0 fully saturated rings. The Balaban J connectivity index is 0.00000338. The van der Waals surface area contributed by atoms with Crippen molar-refractivity contribution in [2.45, 2.75) is 12.8 Å². The first-order chi connectivity index (χ1) is 12.1. The fourth-order valence-electron chi connectivity index (χ4n) is 2.20. The van der Waals surface area contributed by atoms with Crippen LogP contribution >= 0.6 is 46.9 Å². The third-order valence-corrected chi connectivity index (χ3v) is 4.99. The fraction of sp³-hybridized carbons (Fsp3) is 0.333. The van der Waals surface area contributed by atoms with Gasteiger partial charge in [-0.2, -0.15) is 0 Å². The van der Waals surface area contributed by atoms with Gasteiger partial charge in [0.2, 0.25) is 0 Å². The summed E-state index contributed by atoms with van der Waals surface area (Å²) in [5.74, 6) is 1.03. The minimum absolute atomic E-state index is 0. The molecule has 142 valence electrons. The van der Waals surface area contributed by atoms with E-state index in [1.165, 1.54) is 4.88 Å². The summed E-state index contributed by atoms with van der Waals surface area (Å²) in [5, 5.41) is 12.1. The Morgan fingerprint density at radius 1 is 1.15 bits per heavy atom. The van der Waals surface area contributed by atoms with Crippen LogP contribution in [-0.2, 0) is 0 Å². The molecule has 0 aliphatic carbocycles. The maximum absolute atomic E-state index is 12.0. The molecular formula is C18H24ClIN4OS. The highest BCUT2D eigenvalue weighted by Crippen LogP contribution is 2.19. The lowest BCUT2D eigenvalue weighted by Crippen LogP contribution is -2.42. The Bertz CT molecular complexity index is 692. The van der Waals surface area contributed by atoms with E-state index < -0.39 is 0 Å². The zero-order valence-corrected chi connectivity index (χ0v) is 18.7. The SMILES string of the molecule is CN=C(NCCNC(=O)c1ccc(Cl)cc1)NCC(C)c1cccs1.I. The summed E-state index contributed by atoms with van der Waals surface area (Å²) in [5.41, 5.74) is 0.594. The first-order valence-electron chi connectivity index (χ1n) is 8.12. The van der Waals surface area contributed by atoms with Crippen LogP contribution in [-0.4, -0.2) is 38.5 Å². The number of carbonyl (C=O) groups is 1. The molecule has 0 aliphatic rings. The average molecular weight is 507 g/mol. The molecule has 0 bridgehead atoms. The summed E-state index contributed by atoms with van der Waals surface area (Å²) in [4.78, 5) is 17.5. The van der Waals surface area contributed by atoms with E-state index in [2.05, 4.69) is 45.4 Å². The molecule has 2 rings (SSSR count). The van der Waals surface area contributed by atoms with Gasteiger partial charge in [0.05, 0.1) is 0 Å². The number of nitrogens with zero attached hydrogens (tertiary/aromatic N) is 1. The standard InChI is InChI=1S/C18H23ClN4OS.HI/c1-13(16-4-3-11-25-16)12-23-18(20-2)22-10-9-21-17(24)14-5-7-15(19)8-6-14;/h3-8,11,13H,9-10,12H2,1-2H3,(H,21,24)(H2,20,22,23);1H. The lowest BCUT2D eigenvalue weighted by atomic mass is 10.1. The molecule has 8 heteroatoms. The van der Waals surface area contributed by atoms with Gasteiger partial charge in [-0.05, 0) is 35.7 Å². The highest BCUT2D eigenvalue weighted by atomic mass is 127. The number of halogens is 2. The van der Waals surface area contributed by atoms with Crippen molar-refractivity contribution in [3.63, 3.8) is 0 Å². The van der Waals surface area contributed by atoms with Gasteiger partial charge in [-0.25, -0.2) is 0 Å². The van der Waals surface area contributed by atoms with Crippen LogP contribution in [0.5, 0.6) is 0 Å². The van der Waals surface area contributed by atoms with Crippen molar-refractivity contribution in [1.29, 1.82) is 0 Å². The van der Waals surface area contributed by atoms with Crippen LogP contribution in [0.3, 0.4) is 0 Å². The van der Waals surface area contributed by atoms with Crippen LogP contribution in [0.4, 0.5) is 0 Å². The predicted molar refractivity (Wildman–Crippen MR) is 121 cm³/mol. The van der Waals surface area contributed by atoms with Crippen LogP contribution in [0.2, 0.25) is 5.02 Å². The molecule has 1 aromatic carbocycles. The van der Waals surface area contributed by atoms with Gasteiger partial charge >= 0.3 is 0 Å². The lowest BCUT2D eigenvalue weighted by Gasteiger charge is -2.15. The Hall–Kier alpha value is -1.32. The number of thiophene rings is 1. The number of hydrogen-bond acceptors (Lipinski definition) is 3. The summed E-state index contributed by atoms with van der Waals surface area (Å²) in [7, 11) is 1.73. The van der Waals surface area contributed by atoms with Gasteiger partial charge in [0, 0.05) is 48.1 Å². The van der Waals surface area contributed by atoms with Crippen molar-refractivity contribution in [3.8, 4) is 0 Å². The lowest BCUT2D eigenvalue weighted by molar-refractivity contribution is 0.0954. The van der Waals surface area contributed by atoms with E-state index in [1.807, 2.05) is 0 Å². The highest BCUT2D eigenvalue weighted by Gasteiger charge is 2.08. The van der Waals surface area contributed by atoms with Crippen molar-refractivity contribution >= 4 is 58.8 Å². The van der Waals surface area contributed by atoms with Gasteiger partial charge in [0.1, 0.15) is 0 Å². The minimum Gasteiger partial charge on any atom is -0.356 e.